The van der Waals surface area contributed by atoms with Crippen LogP contribution in [0.5, 0.6) is 0 Å². The number of hydrogen-bond donors (Lipinski definition) is 1. The molecule has 20 heavy (non-hydrogen) atoms. The van der Waals surface area contributed by atoms with Gasteiger partial charge in [-0.15, -0.1) is 0 Å². The summed E-state index contributed by atoms with van der Waals surface area (Å²) in [6, 6.07) is 14.3. The van der Waals surface area contributed by atoms with Gasteiger partial charge in [0.05, 0.1) is 0 Å². The molecule has 0 spiro atoms. The molecule has 3 nitrogen and oxygen atoms in total. The molecular formula is C17H16N3+. The number of para-hydroxylation sites is 1. The first-order chi connectivity index (χ1) is 9.78. The molecule has 0 fully saturated rings. The Kier molecular flexibility index (Phi) is 3.22. The van der Waals surface area contributed by atoms with Gasteiger partial charge < -0.3 is 4.98 Å². The Morgan fingerprint density at radius 2 is 2.05 bits per heavy atom. The highest BCUT2D eigenvalue weighted by Crippen LogP contribution is 2.22. The number of aryl methyl sites for hydroxylation is 3. The van der Waals surface area contributed by atoms with Gasteiger partial charge >= 0.3 is 0 Å². The molecule has 0 unspecified atom stereocenters. The Balaban J connectivity index is 1.87. The van der Waals surface area contributed by atoms with Crippen molar-refractivity contribution in [2.75, 3.05) is 0 Å². The summed E-state index contributed by atoms with van der Waals surface area (Å²) in [5.74, 6) is 0. The van der Waals surface area contributed by atoms with E-state index in [-0.39, 0.29) is 0 Å². The molecule has 1 N–H and O–H groups in total. The lowest BCUT2D eigenvalue weighted by molar-refractivity contribution is -0.696. The van der Waals surface area contributed by atoms with Gasteiger partial charge in [0, 0.05) is 29.1 Å². The molecule has 0 radical (unpaired) electrons. The molecule has 0 saturated heterocycles. The van der Waals surface area contributed by atoms with Gasteiger partial charge in [0.25, 0.3) is 0 Å². The highest BCUT2D eigenvalue weighted by molar-refractivity contribution is 5.84. The number of benzene rings is 1. The van der Waals surface area contributed by atoms with Crippen LogP contribution in [0.15, 0.2) is 48.8 Å². The van der Waals surface area contributed by atoms with Crippen molar-refractivity contribution in [2.24, 2.45) is 0 Å². The maximum absolute atomic E-state index is 8.93. The lowest BCUT2D eigenvalue weighted by Gasteiger charge is -1.99. The van der Waals surface area contributed by atoms with Crippen molar-refractivity contribution in [3.05, 3.63) is 65.6 Å². The van der Waals surface area contributed by atoms with Gasteiger partial charge in [-0.05, 0) is 24.6 Å². The molecule has 1 aromatic carbocycles. The van der Waals surface area contributed by atoms with Crippen LogP contribution in [0.1, 0.15) is 16.8 Å². The topological polar surface area (TPSA) is 43.5 Å². The van der Waals surface area contributed by atoms with Gasteiger partial charge in [0.15, 0.2) is 18.9 Å². The lowest BCUT2D eigenvalue weighted by atomic mass is 10.1. The minimum Gasteiger partial charge on any atom is -0.358 e. The largest absolute Gasteiger partial charge is 0.358 e. The van der Waals surface area contributed by atoms with E-state index in [0.29, 0.717) is 5.56 Å². The average molecular weight is 262 g/mol. The monoisotopic (exact) mass is 262 g/mol. The number of pyridine rings is 1. The van der Waals surface area contributed by atoms with Gasteiger partial charge in [0.2, 0.25) is 0 Å². The summed E-state index contributed by atoms with van der Waals surface area (Å²) in [4.78, 5) is 3.42. The maximum atomic E-state index is 8.93. The number of hydrogen-bond acceptors (Lipinski definition) is 1. The zero-order valence-corrected chi connectivity index (χ0v) is 11.4. The molecule has 0 saturated carbocycles. The Bertz CT molecular complexity index is 793. The van der Waals surface area contributed by atoms with Gasteiger partial charge in [-0.3, -0.25) is 0 Å². The van der Waals surface area contributed by atoms with Gasteiger partial charge in [0.1, 0.15) is 11.6 Å². The van der Waals surface area contributed by atoms with E-state index in [9.17, 15) is 0 Å². The number of aromatic amines is 1. The normalized spacial score (nSPS) is 10.6. The van der Waals surface area contributed by atoms with Crippen molar-refractivity contribution in [3.63, 3.8) is 0 Å². The summed E-state index contributed by atoms with van der Waals surface area (Å²) in [5, 5.41) is 10.2. The molecule has 0 bridgehead atoms. The highest BCUT2D eigenvalue weighted by atomic mass is 14.9. The van der Waals surface area contributed by atoms with E-state index in [1.807, 2.05) is 30.6 Å². The molecule has 3 heteroatoms. The standard InChI is InChI=1S/C17H16N3/c1-13-15(16-6-2-3-7-17(16)19-13)8-10-20-9-4-5-14(11-18)12-20/h2-7,9,12,19H,8,10H2,1H3/q+1. The first-order valence-corrected chi connectivity index (χ1v) is 6.73. The Morgan fingerprint density at radius 1 is 1.20 bits per heavy atom. The zero-order valence-electron chi connectivity index (χ0n) is 11.4. The molecule has 0 aliphatic rings. The lowest BCUT2D eigenvalue weighted by Crippen LogP contribution is -2.34. The molecule has 98 valence electrons. The summed E-state index contributed by atoms with van der Waals surface area (Å²) >= 11 is 0. The Hall–Kier alpha value is -2.60. The van der Waals surface area contributed by atoms with Gasteiger partial charge in [-0.1, -0.05) is 18.2 Å². The van der Waals surface area contributed by atoms with Crippen LogP contribution in [0.4, 0.5) is 0 Å². The minimum absolute atomic E-state index is 0.697. The minimum atomic E-state index is 0.697. The molecule has 0 amide bonds. The second-order valence-corrected chi connectivity index (χ2v) is 4.97. The van der Waals surface area contributed by atoms with Crippen molar-refractivity contribution < 1.29 is 4.57 Å². The summed E-state index contributed by atoms with van der Waals surface area (Å²) in [7, 11) is 0. The number of aromatic nitrogens is 2. The highest BCUT2D eigenvalue weighted by Gasteiger charge is 2.10. The number of nitriles is 1. The molecule has 0 aliphatic carbocycles. The van der Waals surface area contributed by atoms with E-state index in [4.69, 9.17) is 5.26 Å². The number of rotatable bonds is 3. The number of nitrogens with one attached hydrogen (secondary N) is 1. The van der Waals surface area contributed by atoms with Crippen LogP contribution in [0.2, 0.25) is 0 Å². The van der Waals surface area contributed by atoms with E-state index < -0.39 is 0 Å². The first kappa shape index (κ1) is 12.4. The molecule has 0 atom stereocenters. The molecule has 3 rings (SSSR count). The predicted molar refractivity (Wildman–Crippen MR) is 78.1 cm³/mol. The first-order valence-electron chi connectivity index (χ1n) is 6.73. The molecular weight excluding hydrogens is 246 g/mol. The third kappa shape index (κ3) is 2.28. The summed E-state index contributed by atoms with van der Waals surface area (Å²) < 4.78 is 2.07. The smallest absolute Gasteiger partial charge is 0.186 e. The van der Waals surface area contributed by atoms with Crippen LogP contribution in [0, 0.1) is 18.3 Å². The van der Waals surface area contributed by atoms with Gasteiger partial charge in [-0.2, -0.15) is 5.26 Å². The van der Waals surface area contributed by atoms with E-state index in [1.54, 1.807) is 0 Å². The predicted octanol–water partition coefficient (Wildman–Crippen LogP) is 2.88. The number of fused-ring (bicyclic) bond motifs is 1. The second-order valence-electron chi connectivity index (χ2n) is 4.97. The van der Waals surface area contributed by atoms with Crippen molar-refractivity contribution in [1.29, 1.82) is 5.26 Å². The van der Waals surface area contributed by atoms with Crippen molar-refractivity contribution >= 4 is 10.9 Å². The van der Waals surface area contributed by atoms with Crippen molar-refractivity contribution in [1.82, 2.24) is 4.98 Å². The van der Waals surface area contributed by atoms with E-state index >= 15 is 0 Å². The maximum Gasteiger partial charge on any atom is 0.186 e. The fraction of sp³-hybridized carbons (Fsp3) is 0.176. The van der Waals surface area contributed by atoms with Crippen LogP contribution < -0.4 is 4.57 Å². The Labute approximate surface area is 118 Å². The second kappa shape index (κ2) is 5.18. The molecule has 3 aromatic rings. The number of H-pyrrole nitrogens is 1. The van der Waals surface area contributed by atoms with Crippen molar-refractivity contribution in [2.45, 2.75) is 19.9 Å². The van der Waals surface area contributed by atoms with Gasteiger partial charge in [-0.25, -0.2) is 4.57 Å². The van der Waals surface area contributed by atoms with E-state index in [2.05, 4.69) is 40.7 Å². The number of nitrogens with zero attached hydrogens (tertiary/aromatic N) is 2. The SMILES string of the molecule is Cc1[nH]c2ccccc2c1CC[n+]1cccc(C#N)c1. The van der Waals surface area contributed by atoms with Crippen LogP contribution in [0.3, 0.4) is 0 Å². The summed E-state index contributed by atoms with van der Waals surface area (Å²) in [6.07, 6.45) is 4.85. The quantitative estimate of drug-likeness (QED) is 0.725. The molecule has 2 aromatic heterocycles. The Morgan fingerprint density at radius 3 is 2.90 bits per heavy atom. The third-order valence-corrected chi connectivity index (χ3v) is 3.63. The van der Waals surface area contributed by atoms with Crippen LogP contribution >= 0.6 is 0 Å². The average Bonchev–Trinajstić information content (AvgIpc) is 2.81. The van der Waals surface area contributed by atoms with Crippen LogP contribution in [-0.4, -0.2) is 4.98 Å². The molecule has 0 aliphatic heterocycles. The molecule has 2 heterocycles. The van der Waals surface area contributed by atoms with Crippen LogP contribution in [-0.2, 0) is 13.0 Å². The van der Waals surface area contributed by atoms with Crippen LogP contribution in [0.25, 0.3) is 10.9 Å². The van der Waals surface area contributed by atoms with Crippen molar-refractivity contribution in [3.8, 4) is 6.07 Å². The van der Waals surface area contributed by atoms with E-state index in [0.717, 1.165) is 13.0 Å². The summed E-state index contributed by atoms with van der Waals surface area (Å²) in [6.45, 7) is 2.99. The fourth-order valence-electron chi connectivity index (χ4n) is 2.62. The van der Waals surface area contributed by atoms with E-state index in [1.165, 1.54) is 22.2 Å². The third-order valence-electron chi connectivity index (χ3n) is 3.63. The summed E-state index contributed by atoms with van der Waals surface area (Å²) in [5.41, 5.74) is 4.47. The zero-order chi connectivity index (χ0) is 13.9. The fourth-order valence-corrected chi connectivity index (χ4v) is 2.62.